The van der Waals surface area contributed by atoms with Gasteiger partial charge in [0.25, 0.3) is 0 Å². The lowest BCUT2D eigenvalue weighted by atomic mass is 9.95. The van der Waals surface area contributed by atoms with E-state index in [0.29, 0.717) is 30.8 Å². The molecule has 1 saturated carbocycles. The summed E-state index contributed by atoms with van der Waals surface area (Å²) >= 11 is 0. The molecular weight excluding hydrogens is 328 g/mol. The first-order chi connectivity index (χ1) is 11.4. The van der Waals surface area contributed by atoms with Crippen molar-refractivity contribution in [2.75, 3.05) is 6.54 Å². The largest absolute Gasteiger partial charge is 0.352 e. The smallest absolute Gasteiger partial charge is 0.247 e. The number of amides is 1. The number of carbonyl (C=O) groups is 1. The molecule has 1 atom stereocenters. The minimum atomic E-state index is -3.71. The van der Waals surface area contributed by atoms with Crippen LogP contribution in [-0.2, 0) is 14.8 Å². The monoisotopic (exact) mass is 354 g/mol. The van der Waals surface area contributed by atoms with E-state index in [9.17, 15) is 13.2 Å². The Hall–Kier alpha value is -1.41. The maximum absolute atomic E-state index is 13.0. The number of sulfonamides is 1. The van der Waals surface area contributed by atoms with Gasteiger partial charge in [-0.3, -0.25) is 9.89 Å². The van der Waals surface area contributed by atoms with Gasteiger partial charge in [0.1, 0.15) is 10.9 Å². The summed E-state index contributed by atoms with van der Waals surface area (Å²) in [6.07, 6.45) is 6.74. The summed E-state index contributed by atoms with van der Waals surface area (Å²) in [5.74, 6) is -0.151. The van der Waals surface area contributed by atoms with Crippen LogP contribution in [0.15, 0.2) is 4.90 Å². The standard InChI is InChI=1S/C16H26N4O3S/c1-11-15(12(2)19-18-11)24(22,23)20-10-6-9-14(20)16(21)17-13-7-4-3-5-8-13/h13-14H,3-10H2,1-2H3,(H,17,21)(H,18,19)/t14-/m0/s1. The van der Waals surface area contributed by atoms with Crippen molar-refractivity contribution in [3.63, 3.8) is 0 Å². The van der Waals surface area contributed by atoms with Crippen LogP contribution in [0.2, 0.25) is 0 Å². The molecule has 0 aromatic carbocycles. The number of nitrogens with one attached hydrogen (secondary N) is 2. The van der Waals surface area contributed by atoms with Gasteiger partial charge in [-0.25, -0.2) is 8.42 Å². The predicted octanol–water partition coefficient (Wildman–Crippen LogP) is 1.63. The average Bonchev–Trinajstić information content (AvgIpc) is 3.16. The van der Waals surface area contributed by atoms with E-state index >= 15 is 0 Å². The quantitative estimate of drug-likeness (QED) is 0.859. The van der Waals surface area contributed by atoms with Crippen molar-refractivity contribution < 1.29 is 13.2 Å². The van der Waals surface area contributed by atoms with Gasteiger partial charge in [-0.2, -0.15) is 9.40 Å². The first-order valence-corrected chi connectivity index (χ1v) is 10.2. The molecule has 8 heteroatoms. The fraction of sp³-hybridized carbons (Fsp3) is 0.750. The average molecular weight is 354 g/mol. The Kier molecular flexibility index (Phi) is 4.96. The number of hydrogen-bond donors (Lipinski definition) is 2. The second kappa shape index (κ2) is 6.84. The van der Waals surface area contributed by atoms with Crippen molar-refractivity contribution in [2.24, 2.45) is 0 Å². The topological polar surface area (TPSA) is 95.2 Å². The summed E-state index contributed by atoms with van der Waals surface area (Å²) in [5, 5.41) is 9.77. The van der Waals surface area contributed by atoms with E-state index in [0.717, 1.165) is 25.7 Å². The number of nitrogens with zero attached hydrogens (tertiary/aromatic N) is 2. The third kappa shape index (κ3) is 3.21. The SMILES string of the molecule is Cc1n[nH]c(C)c1S(=O)(=O)N1CCC[C@H]1C(=O)NC1CCCCC1. The zero-order valence-electron chi connectivity index (χ0n) is 14.3. The Balaban J connectivity index is 1.78. The van der Waals surface area contributed by atoms with Crippen molar-refractivity contribution in [3.05, 3.63) is 11.4 Å². The molecule has 0 spiro atoms. The van der Waals surface area contributed by atoms with E-state index in [-0.39, 0.29) is 16.8 Å². The van der Waals surface area contributed by atoms with Gasteiger partial charge in [0.15, 0.2) is 0 Å². The van der Waals surface area contributed by atoms with E-state index in [1.807, 2.05) is 0 Å². The number of H-pyrrole nitrogens is 1. The van der Waals surface area contributed by atoms with Crippen LogP contribution in [0.3, 0.4) is 0 Å². The molecule has 24 heavy (non-hydrogen) atoms. The number of hydrogen-bond acceptors (Lipinski definition) is 4. The number of aryl methyl sites for hydroxylation is 2. The van der Waals surface area contributed by atoms with Crippen molar-refractivity contribution in [1.29, 1.82) is 0 Å². The maximum atomic E-state index is 13.0. The number of carbonyl (C=O) groups excluding carboxylic acids is 1. The molecule has 1 saturated heterocycles. The Bertz CT molecular complexity index is 687. The van der Waals surface area contributed by atoms with Crippen molar-refractivity contribution in [2.45, 2.75) is 75.8 Å². The second-order valence-corrected chi connectivity index (χ2v) is 8.71. The summed E-state index contributed by atoms with van der Waals surface area (Å²) in [5.41, 5.74) is 0.969. The van der Waals surface area contributed by atoms with Gasteiger partial charge in [-0.15, -0.1) is 0 Å². The van der Waals surface area contributed by atoms with Gasteiger partial charge in [-0.1, -0.05) is 19.3 Å². The summed E-state index contributed by atoms with van der Waals surface area (Å²) in [6, 6.07) is -0.417. The molecule has 1 amide bonds. The Morgan fingerprint density at radius 2 is 1.88 bits per heavy atom. The molecule has 1 aliphatic carbocycles. The number of rotatable bonds is 4. The number of aromatic nitrogens is 2. The van der Waals surface area contributed by atoms with Gasteiger partial charge >= 0.3 is 0 Å². The number of aromatic amines is 1. The van der Waals surface area contributed by atoms with E-state index < -0.39 is 16.1 Å². The van der Waals surface area contributed by atoms with Gasteiger partial charge in [0.05, 0.1) is 11.4 Å². The Labute approximate surface area is 143 Å². The minimum absolute atomic E-state index is 0.151. The highest BCUT2D eigenvalue weighted by molar-refractivity contribution is 7.89. The highest BCUT2D eigenvalue weighted by Crippen LogP contribution is 2.29. The van der Waals surface area contributed by atoms with Crippen LogP contribution in [0.4, 0.5) is 0 Å². The summed E-state index contributed by atoms with van der Waals surface area (Å²) in [6.45, 7) is 3.75. The van der Waals surface area contributed by atoms with Crippen LogP contribution in [-0.4, -0.2) is 47.5 Å². The predicted molar refractivity (Wildman–Crippen MR) is 90.0 cm³/mol. The van der Waals surface area contributed by atoms with Crippen LogP contribution in [0, 0.1) is 13.8 Å². The van der Waals surface area contributed by atoms with Crippen LogP contribution >= 0.6 is 0 Å². The molecule has 2 fully saturated rings. The Morgan fingerprint density at radius 3 is 2.50 bits per heavy atom. The molecule has 0 radical (unpaired) electrons. The van der Waals surface area contributed by atoms with Crippen LogP contribution in [0.1, 0.15) is 56.3 Å². The van der Waals surface area contributed by atoms with Crippen LogP contribution in [0.5, 0.6) is 0 Å². The molecule has 1 aromatic rings. The second-order valence-electron chi connectivity index (χ2n) is 6.88. The van der Waals surface area contributed by atoms with E-state index in [1.165, 1.54) is 10.7 Å². The summed E-state index contributed by atoms with van der Waals surface area (Å²) < 4.78 is 27.4. The fourth-order valence-corrected chi connectivity index (χ4v) is 5.86. The molecule has 2 aliphatic rings. The van der Waals surface area contributed by atoms with Crippen molar-refractivity contribution in [1.82, 2.24) is 19.8 Å². The first-order valence-electron chi connectivity index (χ1n) is 8.75. The highest BCUT2D eigenvalue weighted by atomic mass is 32.2. The van der Waals surface area contributed by atoms with E-state index in [1.54, 1.807) is 13.8 Å². The van der Waals surface area contributed by atoms with Crippen molar-refractivity contribution in [3.8, 4) is 0 Å². The lowest BCUT2D eigenvalue weighted by molar-refractivity contribution is -0.125. The third-order valence-electron chi connectivity index (χ3n) is 5.09. The van der Waals surface area contributed by atoms with Crippen LogP contribution in [0.25, 0.3) is 0 Å². The fourth-order valence-electron chi connectivity index (χ4n) is 3.87. The first kappa shape index (κ1) is 17.4. The normalized spacial score (nSPS) is 23.5. The van der Waals surface area contributed by atoms with E-state index in [2.05, 4.69) is 15.5 Å². The zero-order valence-corrected chi connectivity index (χ0v) is 15.2. The summed E-state index contributed by atoms with van der Waals surface area (Å²) in [4.78, 5) is 12.9. The van der Waals surface area contributed by atoms with Crippen LogP contribution < -0.4 is 5.32 Å². The molecule has 7 nitrogen and oxygen atoms in total. The van der Waals surface area contributed by atoms with Gasteiger partial charge in [0, 0.05) is 12.6 Å². The molecule has 0 unspecified atom stereocenters. The highest BCUT2D eigenvalue weighted by Gasteiger charge is 2.41. The molecule has 3 rings (SSSR count). The summed E-state index contributed by atoms with van der Waals surface area (Å²) in [7, 11) is -3.71. The Morgan fingerprint density at radius 1 is 1.17 bits per heavy atom. The third-order valence-corrected chi connectivity index (χ3v) is 7.26. The van der Waals surface area contributed by atoms with Gasteiger partial charge in [-0.05, 0) is 39.5 Å². The van der Waals surface area contributed by atoms with Crippen molar-refractivity contribution >= 4 is 15.9 Å². The molecule has 0 bridgehead atoms. The molecule has 2 heterocycles. The lowest BCUT2D eigenvalue weighted by Gasteiger charge is -2.28. The van der Waals surface area contributed by atoms with E-state index in [4.69, 9.17) is 0 Å². The molecule has 1 aromatic heterocycles. The van der Waals surface area contributed by atoms with Gasteiger partial charge < -0.3 is 5.32 Å². The molecule has 134 valence electrons. The molecule has 2 N–H and O–H groups in total. The lowest BCUT2D eigenvalue weighted by Crippen LogP contribution is -2.49. The minimum Gasteiger partial charge on any atom is -0.352 e. The molecular formula is C16H26N4O3S. The zero-order chi connectivity index (χ0) is 17.3. The van der Waals surface area contributed by atoms with Gasteiger partial charge in [0.2, 0.25) is 15.9 Å². The maximum Gasteiger partial charge on any atom is 0.247 e. The molecule has 1 aliphatic heterocycles.